The summed E-state index contributed by atoms with van der Waals surface area (Å²) < 4.78 is 0. The molecule has 80 valence electrons. The summed E-state index contributed by atoms with van der Waals surface area (Å²) in [7, 11) is 2.16. The highest BCUT2D eigenvalue weighted by molar-refractivity contribution is 5.52. The number of hydrogen-bond acceptors (Lipinski definition) is 2. The standard InChI is InChI=1S/C12H19N.H3N/c1-4-10-13(3)12-9-7-6-8-11(12)5-2;/h6-9H,4-5,10H2,1-3H3;1H3. The van der Waals surface area contributed by atoms with E-state index in [2.05, 4.69) is 50.1 Å². The van der Waals surface area contributed by atoms with Gasteiger partial charge in [0.25, 0.3) is 0 Å². The first-order valence-corrected chi connectivity index (χ1v) is 5.08. The normalized spacial score (nSPS) is 9.36. The fraction of sp³-hybridized carbons (Fsp3) is 0.500. The van der Waals surface area contributed by atoms with Crippen LogP contribution in [0.25, 0.3) is 0 Å². The molecule has 0 unspecified atom stereocenters. The summed E-state index contributed by atoms with van der Waals surface area (Å²) in [5.74, 6) is 0. The fourth-order valence-electron chi connectivity index (χ4n) is 1.64. The molecule has 0 saturated carbocycles. The van der Waals surface area contributed by atoms with Crippen LogP contribution in [0.2, 0.25) is 0 Å². The minimum atomic E-state index is 0. The second-order valence-corrected chi connectivity index (χ2v) is 3.40. The van der Waals surface area contributed by atoms with Gasteiger partial charge < -0.3 is 11.1 Å². The van der Waals surface area contributed by atoms with Crippen molar-refractivity contribution in [3.8, 4) is 0 Å². The molecule has 3 N–H and O–H groups in total. The Kier molecular flexibility index (Phi) is 5.97. The summed E-state index contributed by atoms with van der Waals surface area (Å²) in [6.07, 6.45) is 2.32. The SMILES string of the molecule is CCCN(C)c1ccccc1CC.N. The van der Waals surface area contributed by atoms with Gasteiger partial charge in [-0.15, -0.1) is 0 Å². The lowest BCUT2D eigenvalue weighted by Crippen LogP contribution is -2.18. The Balaban J connectivity index is 0.00000169. The van der Waals surface area contributed by atoms with Crippen LogP contribution in [0, 0.1) is 0 Å². The van der Waals surface area contributed by atoms with E-state index in [-0.39, 0.29) is 6.15 Å². The zero-order chi connectivity index (χ0) is 9.68. The van der Waals surface area contributed by atoms with Crippen molar-refractivity contribution in [2.75, 3.05) is 18.5 Å². The molecule has 14 heavy (non-hydrogen) atoms. The molecule has 0 saturated heterocycles. The molecule has 0 aliphatic heterocycles. The molecular weight excluding hydrogens is 172 g/mol. The van der Waals surface area contributed by atoms with Crippen LogP contribution in [-0.4, -0.2) is 13.6 Å². The van der Waals surface area contributed by atoms with Gasteiger partial charge in [-0.05, 0) is 24.5 Å². The van der Waals surface area contributed by atoms with Gasteiger partial charge >= 0.3 is 0 Å². The van der Waals surface area contributed by atoms with Gasteiger partial charge in [0, 0.05) is 19.3 Å². The fourth-order valence-corrected chi connectivity index (χ4v) is 1.64. The van der Waals surface area contributed by atoms with E-state index in [1.165, 1.54) is 17.7 Å². The van der Waals surface area contributed by atoms with Gasteiger partial charge in [-0.25, -0.2) is 0 Å². The predicted octanol–water partition coefficient (Wildman–Crippen LogP) is 3.26. The van der Waals surface area contributed by atoms with Crippen molar-refractivity contribution in [3.63, 3.8) is 0 Å². The van der Waals surface area contributed by atoms with Crippen LogP contribution in [0.4, 0.5) is 5.69 Å². The van der Waals surface area contributed by atoms with E-state index < -0.39 is 0 Å². The van der Waals surface area contributed by atoms with E-state index in [0.29, 0.717) is 0 Å². The van der Waals surface area contributed by atoms with Crippen molar-refractivity contribution < 1.29 is 0 Å². The van der Waals surface area contributed by atoms with Crippen LogP contribution >= 0.6 is 0 Å². The second-order valence-electron chi connectivity index (χ2n) is 3.40. The molecule has 0 fully saturated rings. The van der Waals surface area contributed by atoms with Crippen LogP contribution in [-0.2, 0) is 6.42 Å². The van der Waals surface area contributed by atoms with Gasteiger partial charge in [0.05, 0.1) is 0 Å². The predicted molar refractivity (Wildman–Crippen MR) is 64.4 cm³/mol. The summed E-state index contributed by atoms with van der Waals surface area (Å²) in [4.78, 5) is 2.33. The molecule has 0 amide bonds. The monoisotopic (exact) mass is 194 g/mol. The molecule has 0 radical (unpaired) electrons. The van der Waals surface area contributed by atoms with Gasteiger partial charge in [0.15, 0.2) is 0 Å². The maximum absolute atomic E-state index is 2.33. The Hall–Kier alpha value is -1.02. The topological polar surface area (TPSA) is 38.2 Å². The smallest absolute Gasteiger partial charge is 0.0396 e. The lowest BCUT2D eigenvalue weighted by molar-refractivity contribution is 0.845. The van der Waals surface area contributed by atoms with Gasteiger partial charge in [0.1, 0.15) is 0 Å². The number of aryl methyl sites for hydroxylation is 1. The van der Waals surface area contributed by atoms with Crippen LogP contribution < -0.4 is 11.1 Å². The molecule has 2 heteroatoms. The molecule has 1 aromatic carbocycles. The van der Waals surface area contributed by atoms with Crippen molar-refractivity contribution >= 4 is 5.69 Å². The summed E-state index contributed by atoms with van der Waals surface area (Å²) in [6, 6.07) is 8.64. The average molecular weight is 194 g/mol. The highest BCUT2D eigenvalue weighted by Crippen LogP contribution is 2.19. The van der Waals surface area contributed by atoms with Gasteiger partial charge in [-0.2, -0.15) is 0 Å². The molecule has 0 aromatic heterocycles. The van der Waals surface area contributed by atoms with E-state index in [1.807, 2.05) is 0 Å². The van der Waals surface area contributed by atoms with E-state index in [9.17, 15) is 0 Å². The Labute approximate surface area is 87.5 Å². The molecule has 0 atom stereocenters. The lowest BCUT2D eigenvalue weighted by Gasteiger charge is -2.21. The number of hydrogen-bond donors (Lipinski definition) is 1. The first kappa shape index (κ1) is 13.0. The number of benzene rings is 1. The van der Waals surface area contributed by atoms with E-state index in [1.54, 1.807) is 0 Å². The number of para-hydroxylation sites is 1. The summed E-state index contributed by atoms with van der Waals surface area (Å²) in [6.45, 7) is 5.56. The van der Waals surface area contributed by atoms with Crippen molar-refractivity contribution in [1.29, 1.82) is 0 Å². The van der Waals surface area contributed by atoms with Gasteiger partial charge in [0.2, 0.25) is 0 Å². The Bertz CT molecular complexity index is 258. The van der Waals surface area contributed by atoms with Crippen molar-refractivity contribution in [3.05, 3.63) is 29.8 Å². The number of anilines is 1. The molecule has 0 bridgehead atoms. The molecule has 0 heterocycles. The highest BCUT2D eigenvalue weighted by atomic mass is 15.1. The Morgan fingerprint density at radius 3 is 2.36 bits per heavy atom. The zero-order valence-corrected chi connectivity index (χ0v) is 9.59. The third-order valence-corrected chi connectivity index (χ3v) is 2.34. The maximum Gasteiger partial charge on any atom is 0.0396 e. The minimum absolute atomic E-state index is 0. The molecule has 1 aromatic rings. The lowest BCUT2D eigenvalue weighted by atomic mass is 10.1. The van der Waals surface area contributed by atoms with E-state index in [0.717, 1.165) is 13.0 Å². The molecule has 0 aliphatic carbocycles. The van der Waals surface area contributed by atoms with Crippen molar-refractivity contribution in [1.82, 2.24) is 6.15 Å². The number of nitrogens with zero attached hydrogens (tertiary/aromatic N) is 1. The molecule has 2 nitrogen and oxygen atoms in total. The largest absolute Gasteiger partial charge is 0.374 e. The van der Waals surface area contributed by atoms with E-state index in [4.69, 9.17) is 0 Å². The van der Waals surface area contributed by atoms with Crippen LogP contribution in [0.15, 0.2) is 24.3 Å². The van der Waals surface area contributed by atoms with Crippen LogP contribution in [0.1, 0.15) is 25.8 Å². The summed E-state index contributed by atoms with van der Waals surface area (Å²) in [5.41, 5.74) is 2.82. The third-order valence-electron chi connectivity index (χ3n) is 2.34. The Morgan fingerprint density at radius 2 is 1.79 bits per heavy atom. The minimum Gasteiger partial charge on any atom is -0.374 e. The van der Waals surface area contributed by atoms with Crippen molar-refractivity contribution in [2.24, 2.45) is 0 Å². The third kappa shape index (κ3) is 3.04. The summed E-state index contributed by atoms with van der Waals surface area (Å²) >= 11 is 0. The van der Waals surface area contributed by atoms with Crippen LogP contribution in [0.3, 0.4) is 0 Å². The highest BCUT2D eigenvalue weighted by Gasteiger charge is 2.03. The zero-order valence-electron chi connectivity index (χ0n) is 9.59. The maximum atomic E-state index is 2.33. The quantitative estimate of drug-likeness (QED) is 0.799. The van der Waals surface area contributed by atoms with Crippen molar-refractivity contribution in [2.45, 2.75) is 26.7 Å². The first-order chi connectivity index (χ1) is 6.29. The van der Waals surface area contributed by atoms with Crippen LogP contribution in [0.5, 0.6) is 0 Å². The number of rotatable bonds is 4. The molecule has 1 rings (SSSR count). The molecule has 0 spiro atoms. The van der Waals surface area contributed by atoms with E-state index >= 15 is 0 Å². The second kappa shape index (κ2) is 6.44. The van der Waals surface area contributed by atoms with Gasteiger partial charge in [-0.1, -0.05) is 32.0 Å². The van der Waals surface area contributed by atoms with Gasteiger partial charge in [-0.3, -0.25) is 0 Å². The first-order valence-electron chi connectivity index (χ1n) is 5.08. The average Bonchev–Trinajstić information content (AvgIpc) is 2.18. The summed E-state index contributed by atoms with van der Waals surface area (Å²) in [5, 5.41) is 0. The molecule has 0 aliphatic rings. The Morgan fingerprint density at radius 1 is 1.14 bits per heavy atom. The molecular formula is C12H22N2.